The van der Waals surface area contributed by atoms with Gasteiger partial charge in [-0.1, -0.05) is 6.07 Å². The molecule has 0 fully saturated rings. The zero-order chi connectivity index (χ0) is 21.0. The standard InChI is InChI=1S/C22H27N3O4/c1-6-25-16(3)20(15(2)23-25)13-24(4)22(26)21-11-10-19(29-21)14-28-18-9-7-8-17(12-18)27-5/h7-12H,6,13-14H2,1-5H3. The first-order chi connectivity index (χ1) is 13.9. The van der Waals surface area contributed by atoms with Gasteiger partial charge in [-0.2, -0.15) is 5.10 Å². The second kappa shape index (κ2) is 8.86. The number of hydrogen-bond donors (Lipinski definition) is 0. The van der Waals surface area contributed by atoms with Crippen LogP contribution in [0.25, 0.3) is 0 Å². The zero-order valence-electron chi connectivity index (χ0n) is 17.6. The summed E-state index contributed by atoms with van der Waals surface area (Å²) in [7, 11) is 3.37. The number of aromatic nitrogens is 2. The highest BCUT2D eigenvalue weighted by Crippen LogP contribution is 2.21. The Morgan fingerprint density at radius 1 is 1.21 bits per heavy atom. The van der Waals surface area contributed by atoms with E-state index in [4.69, 9.17) is 13.9 Å². The molecule has 0 saturated carbocycles. The summed E-state index contributed by atoms with van der Waals surface area (Å²) in [4.78, 5) is 14.4. The largest absolute Gasteiger partial charge is 0.497 e. The zero-order valence-corrected chi connectivity index (χ0v) is 17.6. The fourth-order valence-electron chi connectivity index (χ4n) is 3.18. The average molecular weight is 397 g/mol. The molecule has 0 unspecified atom stereocenters. The van der Waals surface area contributed by atoms with Gasteiger partial charge in [-0.05, 0) is 45.0 Å². The minimum Gasteiger partial charge on any atom is -0.497 e. The van der Waals surface area contributed by atoms with Gasteiger partial charge in [-0.25, -0.2) is 0 Å². The summed E-state index contributed by atoms with van der Waals surface area (Å²) in [6.45, 7) is 7.56. The first kappa shape index (κ1) is 20.5. The van der Waals surface area contributed by atoms with Gasteiger partial charge in [0.25, 0.3) is 5.91 Å². The van der Waals surface area contributed by atoms with Crippen molar-refractivity contribution in [2.45, 2.75) is 40.5 Å². The second-order valence-corrected chi connectivity index (χ2v) is 6.86. The number of methoxy groups -OCH3 is 1. The van der Waals surface area contributed by atoms with Gasteiger partial charge in [-0.15, -0.1) is 0 Å². The van der Waals surface area contributed by atoms with Crippen LogP contribution in [0.4, 0.5) is 0 Å². The lowest BCUT2D eigenvalue weighted by molar-refractivity contribution is 0.0749. The number of benzene rings is 1. The molecule has 1 amide bonds. The van der Waals surface area contributed by atoms with Crippen LogP contribution in [0.5, 0.6) is 11.5 Å². The number of aryl methyl sites for hydroxylation is 2. The van der Waals surface area contributed by atoms with Gasteiger partial charge in [-0.3, -0.25) is 9.48 Å². The lowest BCUT2D eigenvalue weighted by Crippen LogP contribution is -2.26. The third-order valence-electron chi connectivity index (χ3n) is 4.87. The second-order valence-electron chi connectivity index (χ2n) is 6.86. The van der Waals surface area contributed by atoms with Gasteiger partial charge in [0.1, 0.15) is 23.9 Å². The normalized spacial score (nSPS) is 10.8. The van der Waals surface area contributed by atoms with E-state index in [1.54, 1.807) is 37.3 Å². The molecule has 1 aromatic carbocycles. The van der Waals surface area contributed by atoms with Crippen LogP contribution in [-0.2, 0) is 19.7 Å². The molecule has 0 saturated heterocycles. The van der Waals surface area contributed by atoms with E-state index in [-0.39, 0.29) is 18.3 Å². The summed E-state index contributed by atoms with van der Waals surface area (Å²) in [5.41, 5.74) is 3.09. The molecule has 7 heteroatoms. The van der Waals surface area contributed by atoms with Gasteiger partial charge < -0.3 is 18.8 Å². The molecule has 154 valence electrons. The maximum Gasteiger partial charge on any atom is 0.289 e. The molecule has 3 aromatic rings. The Morgan fingerprint density at radius 2 is 1.97 bits per heavy atom. The van der Waals surface area contributed by atoms with E-state index in [9.17, 15) is 4.79 Å². The number of carbonyl (C=O) groups is 1. The summed E-state index contributed by atoms with van der Waals surface area (Å²) < 4.78 is 18.6. The van der Waals surface area contributed by atoms with E-state index in [0.29, 0.717) is 18.1 Å². The topological polar surface area (TPSA) is 69.7 Å². The maximum absolute atomic E-state index is 12.8. The number of hydrogen-bond acceptors (Lipinski definition) is 5. The Hall–Kier alpha value is -3.22. The van der Waals surface area contributed by atoms with E-state index in [1.165, 1.54) is 0 Å². The lowest BCUT2D eigenvalue weighted by Gasteiger charge is -2.16. The number of nitrogens with zero attached hydrogens (tertiary/aromatic N) is 3. The summed E-state index contributed by atoms with van der Waals surface area (Å²) in [6, 6.07) is 10.8. The smallest absolute Gasteiger partial charge is 0.289 e. The van der Waals surface area contributed by atoms with Gasteiger partial charge in [0.05, 0.1) is 12.8 Å². The molecular weight excluding hydrogens is 370 g/mol. The lowest BCUT2D eigenvalue weighted by atomic mass is 10.2. The number of carbonyl (C=O) groups excluding carboxylic acids is 1. The van der Waals surface area contributed by atoms with Crippen molar-refractivity contribution in [2.24, 2.45) is 0 Å². The molecule has 0 aliphatic rings. The minimum atomic E-state index is -0.180. The first-order valence-corrected chi connectivity index (χ1v) is 9.56. The molecule has 29 heavy (non-hydrogen) atoms. The van der Waals surface area contributed by atoms with E-state index in [1.807, 2.05) is 36.7 Å². The Bertz CT molecular complexity index is 990. The van der Waals surface area contributed by atoms with Crippen LogP contribution < -0.4 is 9.47 Å². The van der Waals surface area contributed by atoms with Crippen molar-refractivity contribution in [3.8, 4) is 11.5 Å². The average Bonchev–Trinajstić information content (AvgIpc) is 3.31. The highest BCUT2D eigenvalue weighted by molar-refractivity contribution is 5.91. The monoisotopic (exact) mass is 397 g/mol. The summed E-state index contributed by atoms with van der Waals surface area (Å²) in [5, 5.41) is 4.51. The maximum atomic E-state index is 12.8. The Kier molecular flexibility index (Phi) is 6.26. The molecule has 7 nitrogen and oxygen atoms in total. The summed E-state index contributed by atoms with van der Waals surface area (Å²) in [5.74, 6) is 2.08. The fraction of sp³-hybridized carbons (Fsp3) is 0.364. The molecule has 0 aliphatic carbocycles. The number of furan rings is 1. The highest BCUT2D eigenvalue weighted by atomic mass is 16.5. The third-order valence-corrected chi connectivity index (χ3v) is 4.87. The molecule has 0 spiro atoms. The van der Waals surface area contributed by atoms with Crippen LogP contribution in [0.1, 0.15) is 40.2 Å². The molecule has 2 heterocycles. The predicted octanol–water partition coefficient (Wildman–Crippen LogP) is 3.97. The number of amides is 1. The van der Waals surface area contributed by atoms with E-state index >= 15 is 0 Å². The number of rotatable bonds is 8. The molecular formula is C22H27N3O4. The molecule has 0 N–H and O–H groups in total. The van der Waals surface area contributed by atoms with E-state index in [0.717, 1.165) is 29.2 Å². The quantitative estimate of drug-likeness (QED) is 0.575. The van der Waals surface area contributed by atoms with E-state index in [2.05, 4.69) is 12.0 Å². The van der Waals surface area contributed by atoms with Gasteiger partial charge in [0.2, 0.25) is 0 Å². The molecule has 2 aromatic heterocycles. The highest BCUT2D eigenvalue weighted by Gasteiger charge is 2.20. The first-order valence-electron chi connectivity index (χ1n) is 9.56. The van der Waals surface area contributed by atoms with Crippen molar-refractivity contribution >= 4 is 5.91 Å². The van der Waals surface area contributed by atoms with Crippen LogP contribution in [0.15, 0.2) is 40.8 Å². The Balaban J connectivity index is 1.63. The molecule has 0 atom stereocenters. The van der Waals surface area contributed by atoms with Crippen LogP contribution in [-0.4, -0.2) is 34.7 Å². The summed E-state index contributed by atoms with van der Waals surface area (Å²) >= 11 is 0. The third kappa shape index (κ3) is 4.62. The van der Waals surface area contributed by atoms with Crippen molar-refractivity contribution in [1.82, 2.24) is 14.7 Å². The minimum absolute atomic E-state index is 0.180. The molecule has 0 bridgehead atoms. The van der Waals surface area contributed by atoms with Gasteiger partial charge >= 0.3 is 0 Å². The Morgan fingerprint density at radius 3 is 2.66 bits per heavy atom. The van der Waals surface area contributed by atoms with E-state index < -0.39 is 0 Å². The SMILES string of the molecule is CCn1nc(C)c(CN(C)C(=O)c2ccc(COc3cccc(OC)c3)o2)c1C. The van der Waals surface area contributed by atoms with Crippen molar-refractivity contribution in [1.29, 1.82) is 0 Å². The van der Waals surface area contributed by atoms with Crippen molar-refractivity contribution < 1.29 is 18.7 Å². The molecule has 3 rings (SSSR count). The number of ether oxygens (including phenoxy) is 2. The van der Waals surface area contributed by atoms with Crippen molar-refractivity contribution in [3.63, 3.8) is 0 Å². The van der Waals surface area contributed by atoms with Crippen molar-refractivity contribution in [2.75, 3.05) is 14.2 Å². The summed E-state index contributed by atoms with van der Waals surface area (Å²) in [6.07, 6.45) is 0. The molecule has 0 aliphatic heterocycles. The van der Waals surface area contributed by atoms with Crippen LogP contribution in [0.3, 0.4) is 0 Å². The van der Waals surface area contributed by atoms with Crippen LogP contribution in [0, 0.1) is 13.8 Å². The van der Waals surface area contributed by atoms with Gasteiger partial charge in [0.15, 0.2) is 5.76 Å². The molecule has 0 radical (unpaired) electrons. The fourth-order valence-corrected chi connectivity index (χ4v) is 3.18. The van der Waals surface area contributed by atoms with Crippen LogP contribution >= 0.6 is 0 Å². The van der Waals surface area contributed by atoms with Crippen molar-refractivity contribution in [3.05, 3.63) is 64.9 Å². The van der Waals surface area contributed by atoms with Gasteiger partial charge in [0, 0.05) is 37.5 Å². The Labute approximate surface area is 170 Å². The van der Waals surface area contributed by atoms with Crippen LogP contribution in [0.2, 0.25) is 0 Å². The predicted molar refractivity (Wildman–Crippen MR) is 109 cm³/mol.